The minimum absolute atomic E-state index is 0.140. The van der Waals surface area contributed by atoms with Crippen molar-refractivity contribution in [1.29, 1.82) is 0 Å². The fraction of sp³-hybridized carbons (Fsp3) is 0.423. The van der Waals surface area contributed by atoms with Gasteiger partial charge in [-0.2, -0.15) is 0 Å². The molecule has 2 aliphatic heterocycles. The number of phenolic OH excluding ortho intramolecular Hbond substituents is 1. The molecule has 0 bridgehead atoms. The van der Waals surface area contributed by atoms with Gasteiger partial charge in [0.1, 0.15) is 11.5 Å². The SMILES string of the molecule is COc1cc(/C=C2\Oc3c(ccc(O)c3CN3C[C@@H](C)C[C@H](C)C3)C2=O)cc(OC)c1OC. The van der Waals surface area contributed by atoms with Crippen molar-refractivity contribution >= 4 is 11.9 Å². The maximum Gasteiger partial charge on any atom is 0.231 e. The lowest BCUT2D eigenvalue weighted by atomic mass is 9.91. The number of Topliss-reactive ketones (excluding diaryl/α,β-unsaturated/α-hetero) is 1. The Balaban J connectivity index is 1.66. The third kappa shape index (κ3) is 4.50. The third-order valence-corrected chi connectivity index (χ3v) is 6.23. The molecule has 7 heteroatoms. The van der Waals surface area contributed by atoms with Crippen molar-refractivity contribution in [1.82, 2.24) is 4.90 Å². The van der Waals surface area contributed by atoms with Crippen LogP contribution in [0.4, 0.5) is 0 Å². The number of nitrogens with zero attached hydrogens (tertiary/aromatic N) is 1. The van der Waals surface area contributed by atoms with Crippen LogP contribution in [-0.2, 0) is 6.54 Å². The first-order chi connectivity index (χ1) is 15.8. The molecule has 2 aromatic rings. The molecule has 0 aliphatic carbocycles. The molecule has 4 rings (SSSR count). The van der Waals surface area contributed by atoms with Crippen LogP contribution in [-0.4, -0.2) is 50.2 Å². The molecule has 0 saturated carbocycles. The molecule has 2 atom stereocenters. The summed E-state index contributed by atoms with van der Waals surface area (Å²) in [5.74, 6) is 3.16. The predicted molar refractivity (Wildman–Crippen MR) is 125 cm³/mol. The zero-order valence-electron chi connectivity index (χ0n) is 19.8. The number of piperidine rings is 1. The van der Waals surface area contributed by atoms with Crippen LogP contribution in [0.15, 0.2) is 30.0 Å². The number of rotatable bonds is 6. The molecule has 0 aromatic heterocycles. The van der Waals surface area contributed by atoms with Crippen molar-refractivity contribution in [3.8, 4) is 28.7 Å². The molecule has 2 aliphatic rings. The van der Waals surface area contributed by atoms with Crippen molar-refractivity contribution in [2.45, 2.75) is 26.8 Å². The van der Waals surface area contributed by atoms with E-state index in [-0.39, 0.29) is 17.3 Å². The Labute approximate surface area is 194 Å². The number of likely N-dealkylation sites (tertiary alicyclic amines) is 1. The minimum Gasteiger partial charge on any atom is -0.507 e. The minimum atomic E-state index is -0.222. The van der Waals surface area contributed by atoms with Crippen molar-refractivity contribution in [3.05, 3.63) is 46.7 Å². The Bertz CT molecular complexity index is 1060. The molecule has 2 aromatic carbocycles. The second kappa shape index (κ2) is 9.35. The molecule has 7 nitrogen and oxygen atoms in total. The third-order valence-electron chi connectivity index (χ3n) is 6.23. The Morgan fingerprint density at radius 1 is 1.06 bits per heavy atom. The van der Waals surface area contributed by atoms with E-state index < -0.39 is 0 Å². The highest BCUT2D eigenvalue weighted by Gasteiger charge is 2.33. The lowest BCUT2D eigenvalue weighted by molar-refractivity contribution is 0.101. The van der Waals surface area contributed by atoms with Crippen LogP contribution in [0, 0.1) is 11.8 Å². The normalized spacial score (nSPS) is 21.6. The van der Waals surface area contributed by atoms with Crippen molar-refractivity contribution in [3.63, 3.8) is 0 Å². The number of methoxy groups -OCH3 is 3. The van der Waals surface area contributed by atoms with E-state index in [2.05, 4.69) is 18.7 Å². The van der Waals surface area contributed by atoms with E-state index in [4.69, 9.17) is 18.9 Å². The van der Waals surface area contributed by atoms with Crippen LogP contribution in [0.3, 0.4) is 0 Å². The monoisotopic (exact) mass is 453 g/mol. The summed E-state index contributed by atoms with van der Waals surface area (Å²) >= 11 is 0. The average molecular weight is 454 g/mol. The second-order valence-corrected chi connectivity index (χ2v) is 8.98. The molecule has 1 saturated heterocycles. The van der Waals surface area contributed by atoms with Gasteiger partial charge in [-0.15, -0.1) is 0 Å². The summed E-state index contributed by atoms with van der Waals surface area (Å²) in [5, 5.41) is 10.6. The van der Waals surface area contributed by atoms with E-state index in [1.54, 1.807) is 44.6 Å². The molecule has 0 radical (unpaired) electrons. The van der Waals surface area contributed by atoms with Gasteiger partial charge in [-0.3, -0.25) is 9.69 Å². The number of fused-ring (bicyclic) bond motifs is 1. The van der Waals surface area contributed by atoms with Crippen LogP contribution >= 0.6 is 0 Å². The van der Waals surface area contributed by atoms with Gasteiger partial charge in [-0.25, -0.2) is 0 Å². The molecule has 0 spiro atoms. The molecule has 0 unspecified atom stereocenters. The van der Waals surface area contributed by atoms with Crippen molar-refractivity contribution in [2.24, 2.45) is 11.8 Å². The van der Waals surface area contributed by atoms with E-state index in [1.165, 1.54) is 13.5 Å². The zero-order chi connectivity index (χ0) is 23.7. The number of ketones is 1. The Morgan fingerprint density at radius 2 is 1.70 bits per heavy atom. The number of aromatic hydroxyl groups is 1. The smallest absolute Gasteiger partial charge is 0.231 e. The maximum atomic E-state index is 13.1. The second-order valence-electron chi connectivity index (χ2n) is 8.98. The van der Waals surface area contributed by atoms with Gasteiger partial charge in [-0.1, -0.05) is 13.8 Å². The topological polar surface area (TPSA) is 77.5 Å². The number of allylic oxidation sites excluding steroid dienone is 1. The van der Waals surface area contributed by atoms with Gasteiger partial charge < -0.3 is 24.1 Å². The molecule has 1 fully saturated rings. The van der Waals surface area contributed by atoms with Gasteiger partial charge in [0.05, 0.1) is 32.5 Å². The van der Waals surface area contributed by atoms with Gasteiger partial charge in [0, 0.05) is 19.6 Å². The number of ether oxygens (including phenoxy) is 4. The molecule has 176 valence electrons. The first-order valence-electron chi connectivity index (χ1n) is 11.2. The predicted octanol–water partition coefficient (Wildman–Crippen LogP) is 4.51. The standard InChI is InChI=1S/C26H31NO6/c1-15-8-16(2)13-27(12-15)14-19-20(28)7-6-18-24(29)21(33-25(18)19)9-17-10-22(30-3)26(32-5)23(11-17)31-4/h6-7,9-11,15-16,28H,8,12-14H2,1-5H3/b21-9-/t15-,16-/m0/s1. The van der Waals surface area contributed by atoms with Gasteiger partial charge in [0.2, 0.25) is 11.5 Å². The van der Waals surface area contributed by atoms with Gasteiger partial charge in [-0.05, 0) is 54.2 Å². The Hall–Kier alpha value is -3.19. The van der Waals surface area contributed by atoms with Crippen LogP contribution in [0.1, 0.15) is 41.8 Å². The molecule has 2 heterocycles. The van der Waals surface area contributed by atoms with Gasteiger partial charge in [0.15, 0.2) is 17.3 Å². The molecular formula is C26H31NO6. The number of phenols is 1. The number of carbonyl (C=O) groups excluding carboxylic acids is 1. The van der Waals surface area contributed by atoms with E-state index in [0.717, 1.165) is 13.1 Å². The summed E-state index contributed by atoms with van der Waals surface area (Å²) in [6.07, 6.45) is 2.85. The lowest BCUT2D eigenvalue weighted by Crippen LogP contribution is -2.38. The summed E-state index contributed by atoms with van der Waals surface area (Å²) in [6.45, 7) is 6.94. The fourth-order valence-electron chi connectivity index (χ4n) is 4.93. The van der Waals surface area contributed by atoms with Gasteiger partial charge >= 0.3 is 0 Å². The quantitative estimate of drug-likeness (QED) is 0.645. The highest BCUT2D eigenvalue weighted by Crippen LogP contribution is 2.42. The molecule has 1 N–H and O–H groups in total. The largest absolute Gasteiger partial charge is 0.507 e. The zero-order valence-corrected chi connectivity index (χ0v) is 19.8. The average Bonchev–Trinajstić information content (AvgIpc) is 3.09. The fourth-order valence-corrected chi connectivity index (χ4v) is 4.93. The van der Waals surface area contributed by atoms with E-state index >= 15 is 0 Å². The van der Waals surface area contributed by atoms with Crippen molar-refractivity contribution < 1.29 is 28.8 Å². The van der Waals surface area contributed by atoms with Crippen LogP contribution < -0.4 is 18.9 Å². The van der Waals surface area contributed by atoms with E-state index in [9.17, 15) is 9.90 Å². The summed E-state index contributed by atoms with van der Waals surface area (Å²) in [4.78, 5) is 15.4. The number of carbonyl (C=O) groups is 1. The van der Waals surface area contributed by atoms with E-state index in [1.807, 2.05) is 0 Å². The van der Waals surface area contributed by atoms with Crippen LogP contribution in [0.25, 0.3) is 6.08 Å². The Kier molecular flexibility index (Phi) is 6.51. The lowest BCUT2D eigenvalue weighted by Gasteiger charge is -2.35. The molecule has 33 heavy (non-hydrogen) atoms. The highest BCUT2D eigenvalue weighted by atomic mass is 16.5. The maximum absolute atomic E-state index is 13.1. The Morgan fingerprint density at radius 3 is 2.27 bits per heavy atom. The highest BCUT2D eigenvalue weighted by molar-refractivity contribution is 6.15. The first-order valence-corrected chi connectivity index (χ1v) is 11.2. The van der Waals surface area contributed by atoms with E-state index in [0.29, 0.717) is 58.1 Å². The molecular weight excluding hydrogens is 422 g/mol. The summed E-state index contributed by atoms with van der Waals surface area (Å²) in [7, 11) is 4.62. The number of hydrogen-bond donors (Lipinski definition) is 1. The first kappa shape index (κ1) is 23.0. The summed E-state index contributed by atoms with van der Waals surface area (Å²) < 4.78 is 22.2. The summed E-state index contributed by atoms with van der Waals surface area (Å²) in [6, 6.07) is 6.70. The number of benzene rings is 2. The van der Waals surface area contributed by atoms with Crippen LogP contribution in [0.5, 0.6) is 28.7 Å². The summed E-state index contributed by atoms with van der Waals surface area (Å²) in [5.41, 5.74) is 1.78. The number of hydrogen-bond acceptors (Lipinski definition) is 7. The van der Waals surface area contributed by atoms with Gasteiger partial charge in [0.25, 0.3) is 0 Å². The van der Waals surface area contributed by atoms with Crippen molar-refractivity contribution in [2.75, 3.05) is 34.4 Å². The van der Waals surface area contributed by atoms with Crippen LogP contribution in [0.2, 0.25) is 0 Å². The molecule has 0 amide bonds.